The third-order valence-corrected chi connectivity index (χ3v) is 3.57. The van der Waals surface area contributed by atoms with E-state index in [-0.39, 0.29) is 11.6 Å². The fourth-order valence-electron chi connectivity index (χ4n) is 1.52. The lowest BCUT2D eigenvalue weighted by Gasteiger charge is -2.12. The summed E-state index contributed by atoms with van der Waals surface area (Å²) in [7, 11) is 0. The maximum atomic E-state index is 12.9. The molecule has 4 heteroatoms. The van der Waals surface area contributed by atoms with Crippen molar-refractivity contribution in [3.05, 3.63) is 69.7 Å². The van der Waals surface area contributed by atoms with Crippen LogP contribution in [0.15, 0.2) is 46.9 Å². The Morgan fingerprint density at radius 3 is 2.12 bits per heavy atom. The zero-order valence-electron chi connectivity index (χ0n) is 8.63. The highest BCUT2D eigenvalue weighted by molar-refractivity contribution is 9.10. The van der Waals surface area contributed by atoms with Gasteiger partial charge in [-0.1, -0.05) is 34.1 Å². The van der Waals surface area contributed by atoms with Gasteiger partial charge in [-0.25, -0.2) is 8.78 Å². The lowest BCUT2D eigenvalue weighted by molar-refractivity contribution is 0.626. The van der Waals surface area contributed by atoms with E-state index in [1.165, 1.54) is 24.3 Å². The van der Waals surface area contributed by atoms with Gasteiger partial charge in [0.2, 0.25) is 0 Å². The van der Waals surface area contributed by atoms with Crippen LogP contribution in [0.1, 0.15) is 16.5 Å². The Morgan fingerprint density at radius 2 is 1.53 bits per heavy atom. The molecule has 2 aromatic rings. The van der Waals surface area contributed by atoms with E-state index in [1.807, 2.05) is 0 Å². The van der Waals surface area contributed by atoms with Crippen LogP contribution in [0.5, 0.6) is 0 Å². The van der Waals surface area contributed by atoms with E-state index >= 15 is 0 Å². The molecular weight excluding hydrogens is 309 g/mol. The molecule has 88 valence electrons. The Bertz CT molecular complexity index is 525. The predicted octanol–water partition coefficient (Wildman–Crippen LogP) is 5.06. The van der Waals surface area contributed by atoms with Crippen LogP contribution in [0.4, 0.5) is 8.78 Å². The fraction of sp³-hybridized carbons (Fsp3) is 0.0769. The Balaban J connectivity index is 2.36. The number of hydrogen-bond acceptors (Lipinski definition) is 0. The Morgan fingerprint density at radius 1 is 0.941 bits per heavy atom. The van der Waals surface area contributed by atoms with Gasteiger partial charge in [0.15, 0.2) is 0 Å². The van der Waals surface area contributed by atoms with E-state index in [9.17, 15) is 8.78 Å². The van der Waals surface area contributed by atoms with E-state index in [4.69, 9.17) is 11.6 Å². The largest absolute Gasteiger partial charge is 0.207 e. The highest BCUT2D eigenvalue weighted by atomic mass is 79.9. The van der Waals surface area contributed by atoms with Crippen LogP contribution >= 0.6 is 27.5 Å². The maximum absolute atomic E-state index is 12.9. The van der Waals surface area contributed by atoms with Crippen LogP contribution in [0.2, 0.25) is 0 Å². The summed E-state index contributed by atoms with van der Waals surface area (Å²) in [6, 6.07) is 10.2. The Labute approximate surface area is 111 Å². The van der Waals surface area contributed by atoms with Crippen molar-refractivity contribution in [1.29, 1.82) is 0 Å². The van der Waals surface area contributed by atoms with Gasteiger partial charge in [0.1, 0.15) is 11.6 Å². The fourth-order valence-corrected chi connectivity index (χ4v) is 2.57. The Hall–Kier alpha value is -0.930. The second-order valence-corrected chi connectivity index (χ2v) is 4.87. The molecular formula is C13H8BrClF2. The molecule has 0 N–H and O–H groups in total. The number of alkyl halides is 1. The summed E-state index contributed by atoms with van der Waals surface area (Å²) in [6.45, 7) is 0. The lowest BCUT2D eigenvalue weighted by atomic mass is 10.0. The molecule has 0 aromatic heterocycles. The summed E-state index contributed by atoms with van der Waals surface area (Å²) in [5, 5.41) is -0.439. The van der Waals surface area contributed by atoms with Crippen molar-refractivity contribution in [3.8, 4) is 0 Å². The molecule has 0 heterocycles. The molecule has 1 atom stereocenters. The van der Waals surface area contributed by atoms with Gasteiger partial charge >= 0.3 is 0 Å². The van der Waals surface area contributed by atoms with Crippen molar-refractivity contribution in [2.24, 2.45) is 0 Å². The number of rotatable bonds is 2. The van der Waals surface area contributed by atoms with Gasteiger partial charge in [-0.3, -0.25) is 0 Å². The van der Waals surface area contributed by atoms with Crippen LogP contribution in [0.3, 0.4) is 0 Å². The lowest BCUT2D eigenvalue weighted by Crippen LogP contribution is -1.95. The summed E-state index contributed by atoms with van der Waals surface area (Å²) >= 11 is 9.53. The summed E-state index contributed by atoms with van der Waals surface area (Å²) in [4.78, 5) is 0. The number of halogens is 4. The molecule has 0 nitrogen and oxygen atoms in total. The molecule has 0 aliphatic heterocycles. The van der Waals surface area contributed by atoms with E-state index < -0.39 is 5.38 Å². The number of benzene rings is 2. The van der Waals surface area contributed by atoms with Crippen LogP contribution in [0, 0.1) is 11.6 Å². The van der Waals surface area contributed by atoms with E-state index in [1.54, 1.807) is 18.2 Å². The summed E-state index contributed by atoms with van der Waals surface area (Å²) in [6.07, 6.45) is 0. The molecule has 17 heavy (non-hydrogen) atoms. The van der Waals surface area contributed by atoms with Gasteiger partial charge in [0.25, 0.3) is 0 Å². The van der Waals surface area contributed by atoms with Crippen molar-refractivity contribution >= 4 is 27.5 Å². The molecule has 1 unspecified atom stereocenters. The highest BCUT2D eigenvalue weighted by Gasteiger charge is 2.14. The van der Waals surface area contributed by atoms with Crippen molar-refractivity contribution in [2.75, 3.05) is 0 Å². The maximum Gasteiger partial charge on any atom is 0.124 e. The average Bonchev–Trinajstić information content (AvgIpc) is 2.29. The SMILES string of the molecule is Fc1ccc(C(Cl)c2ccc(F)cc2Br)cc1. The molecule has 0 fully saturated rings. The number of hydrogen-bond donors (Lipinski definition) is 0. The third-order valence-electron chi connectivity index (χ3n) is 2.40. The summed E-state index contributed by atoms with van der Waals surface area (Å²) in [5.41, 5.74) is 1.51. The van der Waals surface area contributed by atoms with Gasteiger partial charge in [-0.05, 0) is 35.4 Å². The molecule has 0 spiro atoms. The van der Waals surface area contributed by atoms with Crippen LogP contribution in [0.25, 0.3) is 0 Å². The second-order valence-electron chi connectivity index (χ2n) is 3.58. The Kier molecular flexibility index (Phi) is 3.79. The molecule has 0 saturated carbocycles. The monoisotopic (exact) mass is 316 g/mol. The van der Waals surface area contributed by atoms with Crippen molar-refractivity contribution < 1.29 is 8.78 Å². The van der Waals surface area contributed by atoms with E-state index in [0.717, 1.165) is 11.1 Å². The molecule has 0 saturated heterocycles. The van der Waals surface area contributed by atoms with Crippen molar-refractivity contribution in [1.82, 2.24) is 0 Å². The molecule has 2 rings (SSSR count). The van der Waals surface area contributed by atoms with Crippen molar-refractivity contribution in [2.45, 2.75) is 5.38 Å². The quantitative estimate of drug-likeness (QED) is 0.680. The zero-order valence-corrected chi connectivity index (χ0v) is 11.0. The standard InChI is InChI=1S/C13H8BrClF2/c14-12-7-10(17)5-6-11(12)13(15)8-1-3-9(16)4-2-8/h1-7,13H. The minimum absolute atomic E-state index is 0.309. The van der Waals surface area contributed by atoms with E-state index in [2.05, 4.69) is 15.9 Å². The van der Waals surface area contributed by atoms with Crippen LogP contribution in [-0.2, 0) is 0 Å². The first-order valence-corrected chi connectivity index (χ1v) is 6.15. The van der Waals surface area contributed by atoms with Gasteiger partial charge < -0.3 is 0 Å². The molecule has 0 bridgehead atoms. The molecule has 0 radical (unpaired) electrons. The van der Waals surface area contributed by atoms with Crippen LogP contribution < -0.4 is 0 Å². The summed E-state index contributed by atoms with van der Waals surface area (Å²) < 4.78 is 26.3. The van der Waals surface area contributed by atoms with Gasteiger partial charge in [0.05, 0.1) is 5.38 Å². The van der Waals surface area contributed by atoms with Gasteiger partial charge in [0, 0.05) is 4.47 Å². The minimum atomic E-state index is -0.439. The predicted molar refractivity (Wildman–Crippen MR) is 68.2 cm³/mol. The second kappa shape index (κ2) is 5.15. The van der Waals surface area contributed by atoms with Gasteiger partial charge in [-0.2, -0.15) is 0 Å². The summed E-state index contributed by atoms with van der Waals surface area (Å²) in [5.74, 6) is -0.639. The topological polar surface area (TPSA) is 0 Å². The molecule has 0 amide bonds. The third kappa shape index (κ3) is 2.85. The first-order chi connectivity index (χ1) is 8.08. The molecule has 2 aromatic carbocycles. The van der Waals surface area contributed by atoms with Crippen molar-refractivity contribution in [3.63, 3.8) is 0 Å². The normalized spacial score (nSPS) is 12.5. The first-order valence-electron chi connectivity index (χ1n) is 4.92. The minimum Gasteiger partial charge on any atom is -0.207 e. The first kappa shape index (κ1) is 12.5. The van der Waals surface area contributed by atoms with Gasteiger partial charge in [-0.15, -0.1) is 11.6 Å². The highest BCUT2D eigenvalue weighted by Crippen LogP contribution is 2.34. The average molecular weight is 318 g/mol. The van der Waals surface area contributed by atoms with E-state index in [0.29, 0.717) is 4.47 Å². The van der Waals surface area contributed by atoms with Crippen LogP contribution in [-0.4, -0.2) is 0 Å². The molecule has 0 aliphatic carbocycles. The zero-order chi connectivity index (χ0) is 12.4. The molecule has 0 aliphatic rings. The smallest absolute Gasteiger partial charge is 0.124 e.